The first kappa shape index (κ1) is 16.1. The van der Waals surface area contributed by atoms with E-state index in [0.717, 1.165) is 29.4 Å². The minimum absolute atomic E-state index is 0.624. The lowest BCUT2D eigenvalue weighted by atomic mass is 10.2. The van der Waals surface area contributed by atoms with E-state index in [9.17, 15) is 0 Å². The van der Waals surface area contributed by atoms with Gasteiger partial charge in [-0.15, -0.1) is 0 Å². The average molecular weight is 301 g/mol. The number of aromatic nitrogens is 1. The number of hydrogen-bond donors (Lipinski definition) is 1. The molecule has 0 amide bonds. The van der Waals surface area contributed by atoms with Crippen LogP contribution in [-0.4, -0.2) is 38.2 Å². The molecule has 0 saturated carbocycles. The third kappa shape index (κ3) is 4.36. The van der Waals surface area contributed by atoms with Crippen molar-refractivity contribution >= 4 is 5.82 Å². The molecule has 5 nitrogen and oxygen atoms in total. The predicted molar refractivity (Wildman–Crippen MR) is 88.5 cm³/mol. The van der Waals surface area contributed by atoms with Crippen molar-refractivity contribution in [1.29, 1.82) is 0 Å². The summed E-state index contributed by atoms with van der Waals surface area (Å²) in [6, 6.07) is 9.85. The molecular formula is C17H23N3O2. The fraction of sp³-hybridized carbons (Fsp3) is 0.353. The Kier molecular flexibility index (Phi) is 5.61. The van der Waals surface area contributed by atoms with Crippen molar-refractivity contribution in [2.45, 2.75) is 13.1 Å². The maximum Gasteiger partial charge on any atom is 0.126 e. The zero-order valence-corrected chi connectivity index (χ0v) is 13.6. The highest BCUT2D eigenvalue weighted by Crippen LogP contribution is 2.24. The molecule has 1 heterocycles. The van der Waals surface area contributed by atoms with Crippen LogP contribution in [0.1, 0.15) is 11.1 Å². The standard InChI is InChI=1S/C17H23N3O2/c1-20(2)12-13-7-8-18-17(9-13)19-11-14-10-15(21-3)5-6-16(14)22-4/h5-10H,11-12H2,1-4H3,(H,18,19). The third-order valence-electron chi connectivity index (χ3n) is 3.27. The molecule has 1 aromatic carbocycles. The number of nitrogens with zero attached hydrogens (tertiary/aromatic N) is 2. The summed E-state index contributed by atoms with van der Waals surface area (Å²) < 4.78 is 10.7. The Hall–Kier alpha value is -2.27. The average Bonchev–Trinajstić information content (AvgIpc) is 2.52. The highest BCUT2D eigenvalue weighted by atomic mass is 16.5. The molecule has 0 aliphatic heterocycles. The van der Waals surface area contributed by atoms with Gasteiger partial charge in [-0.05, 0) is 50.0 Å². The summed E-state index contributed by atoms with van der Waals surface area (Å²) >= 11 is 0. The molecule has 118 valence electrons. The smallest absolute Gasteiger partial charge is 0.126 e. The molecule has 0 aliphatic carbocycles. The maximum atomic E-state index is 5.39. The minimum Gasteiger partial charge on any atom is -0.497 e. The lowest BCUT2D eigenvalue weighted by molar-refractivity contribution is 0.399. The van der Waals surface area contributed by atoms with Gasteiger partial charge in [0.2, 0.25) is 0 Å². The molecule has 0 aliphatic rings. The molecule has 0 spiro atoms. The summed E-state index contributed by atoms with van der Waals surface area (Å²) in [6.45, 7) is 1.51. The van der Waals surface area contributed by atoms with Gasteiger partial charge in [-0.3, -0.25) is 0 Å². The van der Waals surface area contributed by atoms with Gasteiger partial charge in [0.25, 0.3) is 0 Å². The second-order valence-electron chi connectivity index (χ2n) is 5.32. The van der Waals surface area contributed by atoms with Crippen LogP contribution in [0.2, 0.25) is 0 Å². The van der Waals surface area contributed by atoms with E-state index in [0.29, 0.717) is 6.54 Å². The van der Waals surface area contributed by atoms with Crippen molar-refractivity contribution in [2.24, 2.45) is 0 Å². The van der Waals surface area contributed by atoms with Crippen LogP contribution < -0.4 is 14.8 Å². The van der Waals surface area contributed by atoms with Gasteiger partial charge in [-0.2, -0.15) is 0 Å². The van der Waals surface area contributed by atoms with Crippen molar-refractivity contribution in [2.75, 3.05) is 33.6 Å². The SMILES string of the molecule is COc1ccc(OC)c(CNc2cc(CN(C)C)ccn2)c1. The summed E-state index contributed by atoms with van der Waals surface area (Å²) in [7, 11) is 7.43. The molecule has 2 rings (SSSR count). The first-order valence-corrected chi connectivity index (χ1v) is 7.17. The molecule has 1 aromatic heterocycles. The summed E-state index contributed by atoms with van der Waals surface area (Å²) in [6.07, 6.45) is 1.82. The fourth-order valence-corrected chi connectivity index (χ4v) is 2.24. The molecule has 0 unspecified atom stereocenters. The first-order chi connectivity index (χ1) is 10.6. The van der Waals surface area contributed by atoms with Crippen molar-refractivity contribution in [3.05, 3.63) is 47.7 Å². The van der Waals surface area contributed by atoms with E-state index in [2.05, 4.69) is 35.4 Å². The highest BCUT2D eigenvalue weighted by molar-refractivity contribution is 5.44. The normalized spacial score (nSPS) is 10.6. The van der Waals surface area contributed by atoms with E-state index in [4.69, 9.17) is 9.47 Å². The van der Waals surface area contributed by atoms with Gasteiger partial charge >= 0.3 is 0 Å². The Balaban J connectivity index is 2.09. The van der Waals surface area contributed by atoms with Crippen LogP contribution in [0.4, 0.5) is 5.82 Å². The topological polar surface area (TPSA) is 46.6 Å². The zero-order chi connectivity index (χ0) is 15.9. The van der Waals surface area contributed by atoms with Crippen LogP contribution in [0.5, 0.6) is 11.5 Å². The molecule has 5 heteroatoms. The lowest BCUT2D eigenvalue weighted by Gasteiger charge is -2.13. The second-order valence-corrected chi connectivity index (χ2v) is 5.32. The first-order valence-electron chi connectivity index (χ1n) is 7.17. The van der Waals surface area contributed by atoms with Crippen molar-refractivity contribution in [3.8, 4) is 11.5 Å². The molecular weight excluding hydrogens is 278 g/mol. The molecule has 22 heavy (non-hydrogen) atoms. The number of anilines is 1. The van der Waals surface area contributed by atoms with Crippen LogP contribution in [0.25, 0.3) is 0 Å². The van der Waals surface area contributed by atoms with Gasteiger partial charge in [-0.25, -0.2) is 4.98 Å². The van der Waals surface area contributed by atoms with Gasteiger partial charge in [0, 0.05) is 24.8 Å². The fourth-order valence-electron chi connectivity index (χ4n) is 2.24. The number of pyridine rings is 1. The summed E-state index contributed by atoms with van der Waals surface area (Å²) in [5, 5.41) is 3.34. The quantitative estimate of drug-likeness (QED) is 0.852. The van der Waals surface area contributed by atoms with E-state index in [1.165, 1.54) is 5.56 Å². The van der Waals surface area contributed by atoms with E-state index in [1.54, 1.807) is 14.2 Å². The van der Waals surface area contributed by atoms with Crippen molar-refractivity contribution in [1.82, 2.24) is 9.88 Å². The van der Waals surface area contributed by atoms with Crippen molar-refractivity contribution < 1.29 is 9.47 Å². The lowest BCUT2D eigenvalue weighted by Crippen LogP contribution is -2.11. The largest absolute Gasteiger partial charge is 0.497 e. The monoisotopic (exact) mass is 301 g/mol. The van der Waals surface area contributed by atoms with Crippen LogP contribution >= 0.6 is 0 Å². The summed E-state index contributed by atoms with van der Waals surface area (Å²) in [4.78, 5) is 6.49. The Morgan fingerprint density at radius 3 is 2.59 bits per heavy atom. The molecule has 0 radical (unpaired) electrons. The second kappa shape index (κ2) is 7.66. The zero-order valence-electron chi connectivity index (χ0n) is 13.6. The van der Waals surface area contributed by atoms with Crippen LogP contribution in [0.3, 0.4) is 0 Å². The minimum atomic E-state index is 0.624. The third-order valence-corrected chi connectivity index (χ3v) is 3.27. The van der Waals surface area contributed by atoms with Crippen molar-refractivity contribution in [3.63, 3.8) is 0 Å². The number of rotatable bonds is 7. The van der Waals surface area contributed by atoms with Crippen LogP contribution in [0.15, 0.2) is 36.5 Å². The summed E-state index contributed by atoms with van der Waals surface area (Å²) in [5.41, 5.74) is 2.25. The van der Waals surface area contributed by atoms with E-state index in [-0.39, 0.29) is 0 Å². The Morgan fingerprint density at radius 1 is 1.09 bits per heavy atom. The van der Waals surface area contributed by atoms with Gasteiger partial charge in [0.1, 0.15) is 17.3 Å². The number of ether oxygens (including phenoxy) is 2. The Bertz CT molecular complexity index is 615. The highest BCUT2D eigenvalue weighted by Gasteiger charge is 2.06. The Morgan fingerprint density at radius 2 is 1.91 bits per heavy atom. The van der Waals surface area contributed by atoms with Gasteiger partial charge < -0.3 is 19.7 Å². The maximum absolute atomic E-state index is 5.39. The van der Waals surface area contributed by atoms with E-state index >= 15 is 0 Å². The molecule has 0 atom stereocenters. The molecule has 1 N–H and O–H groups in total. The van der Waals surface area contributed by atoms with E-state index in [1.807, 2.05) is 30.5 Å². The van der Waals surface area contributed by atoms with E-state index < -0.39 is 0 Å². The number of nitrogens with one attached hydrogen (secondary N) is 1. The van der Waals surface area contributed by atoms with Gasteiger partial charge in [0.15, 0.2) is 0 Å². The van der Waals surface area contributed by atoms with Gasteiger partial charge in [-0.1, -0.05) is 0 Å². The van der Waals surface area contributed by atoms with Gasteiger partial charge in [0.05, 0.1) is 14.2 Å². The van der Waals surface area contributed by atoms with Crippen LogP contribution in [0, 0.1) is 0 Å². The number of methoxy groups -OCH3 is 2. The number of benzene rings is 1. The molecule has 2 aromatic rings. The van der Waals surface area contributed by atoms with Crippen LogP contribution in [-0.2, 0) is 13.1 Å². The molecule has 0 bridgehead atoms. The Labute approximate surface area is 131 Å². The molecule has 0 fully saturated rings. The predicted octanol–water partition coefficient (Wildman–Crippen LogP) is 2.77. The number of hydrogen-bond acceptors (Lipinski definition) is 5. The summed E-state index contributed by atoms with van der Waals surface area (Å²) in [5.74, 6) is 2.49. The molecule has 0 saturated heterocycles.